The molecule has 0 aliphatic carbocycles. The Labute approximate surface area is 170 Å². The molecule has 5 rings (SSSR count). The number of piperidine rings is 1. The highest BCUT2D eigenvalue weighted by molar-refractivity contribution is 5.88. The number of piperazine rings is 1. The molecule has 2 aromatic carbocycles. The summed E-state index contributed by atoms with van der Waals surface area (Å²) >= 11 is 0. The fourth-order valence-electron chi connectivity index (χ4n) is 4.63. The van der Waals surface area contributed by atoms with Gasteiger partial charge in [0, 0.05) is 38.1 Å². The Hall–Kier alpha value is -2.57. The first-order valence-electron chi connectivity index (χ1n) is 10.5. The molecule has 6 nitrogen and oxygen atoms in total. The molecule has 6 heteroatoms. The molecule has 3 aromatic rings. The van der Waals surface area contributed by atoms with Crippen molar-refractivity contribution < 1.29 is 14.4 Å². The first-order chi connectivity index (χ1) is 14.3. The van der Waals surface area contributed by atoms with Crippen LogP contribution in [0.1, 0.15) is 18.4 Å². The lowest BCUT2D eigenvalue weighted by molar-refractivity contribution is 0.0726. The predicted molar refractivity (Wildman–Crippen MR) is 112 cm³/mol. The van der Waals surface area contributed by atoms with Crippen LogP contribution in [0.4, 0.5) is 5.82 Å². The van der Waals surface area contributed by atoms with Gasteiger partial charge in [0.2, 0.25) is 0 Å². The minimum absolute atomic E-state index is 0.0490. The quantitative estimate of drug-likeness (QED) is 0.718. The fraction of sp³-hybridized carbons (Fsp3) is 0.435. The molecule has 29 heavy (non-hydrogen) atoms. The second-order valence-electron chi connectivity index (χ2n) is 8.16. The number of fused-ring (bicyclic) bond motifs is 2. The van der Waals surface area contributed by atoms with Gasteiger partial charge in [-0.3, -0.25) is 4.90 Å². The summed E-state index contributed by atoms with van der Waals surface area (Å²) in [4.78, 5) is 4.99. The molecular weight excluding hydrogens is 366 g/mol. The average molecular weight is 393 g/mol. The predicted octanol–water partition coefficient (Wildman–Crippen LogP) is 3.30. The second-order valence-corrected chi connectivity index (χ2v) is 8.16. The van der Waals surface area contributed by atoms with Crippen molar-refractivity contribution in [2.24, 2.45) is 5.92 Å². The Kier molecular flexibility index (Phi) is 5.12. The van der Waals surface area contributed by atoms with Crippen LogP contribution in [-0.2, 0) is 6.61 Å². The van der Waals surface area contributed by atoms with Crippen molar-refractivity contribution in [2.45, 2.75) is 25.5 Å². The fourth-order valence-corrected chi connectivity index (χ4v) is 4.63. The molecule has 2 atom stereocenters. The summed E-state index contributed by atoms with van der Waals surface area (Å²) in [6.45, 7) is 4.88. The van der Waals surface area contributed by atoms with Gasteiger partial charge in [-0.2, -0.15) is 0 Å². The van der Waals surface area contributed by atoms with Crippen LogP contribution in [0.5, 0.6) is 5.75 Å². The Balaban J connectivity index is 1.18. The molecule has 2 fully saturated rings. The minimum Gasteiger partial charge on any atom is -0.493 e. The molecule has 0 unspecified atom stereocenters. The third-order valence-corrected chi connectivity index (χ3v) is 6.23. The zero-order chi connectivity index (χ0) is 19.6. The lowest BCUT2D eigenvalue weighted by Gasteiger charge is -2.46. The van der Waals surface area contributed by atoms with Crippen molar-refractivity contribution in [2.75, 3.05) is 37.7 Å². The molecule has 0 bridgehead atoms. The van der Waals surface area contributed by atoms with Crippen LogP contribution in [0.25, 0.3) is 11.0 Å². The Bertz CT molecular complexity index is 973. The topological polar surface area (TPSA) is 62.0 Å². The molecule has 3 heterocycles. The van der Waals surface area contributed by atoms with Crippen molar-refractivity contribution in [3.63, 3.8) is 0 Å². The van der Waals surface area contributed by atoms with E-state index in [-0.39, 0.29) is 6.61 Å². The zero-order valence-electron chi connectivity index (χ0n) is 16.5. The van der Waals surface area contributed by atoms with Gasteiger partial charge < -0.3 is 19.3 Å². The number of hydrogen-bond donors (Lipinski definition) is 1. The summed E-state index contributed by atoms with van der Waals surface area (Å²) in [7, 11) is 0. The lowest BCUT2D eigenvalue weighted by Crippen LogP contribution is -2.57. The van der Waals surface area contributed by atoms with Gasteiger partial charge in [-0.05, 0) is 42.7 Å². The van der Waals surface area contributed by atoms with Crippen molar-refractivity contribution in [3.05, 3.63) is 54.1 Å². The summed E-state index contributed by atoms with van der Waals surface area (Å²) in [6, 6.07) is 16.4. The van der Waals surface area contributed by atoms with Crippen LogP contribution < -0.4 is 9.64 Å². The number of benzene rings is 2. The van der Waals surface area contributed by atoms with Gasteiger partial charge in [-0.25, -0.2) is 0 Å². The van der Waals surface area contributed by atoms with Crippen LogP contribution in [0.2, 0.25) is 0 Å². The molecular formula is C23H27N3O3. The van der Waals surface area contributed by atoms with E-state index in [0.717, 1.165) is 60.9 Å². The zero-order valence-corrected chi connectivity index (χ0v) is 16.5. The van der Waals surface area contributed by atoms with E-state index in [9.17, 15) is 5.11 Å². The number of aromatic nitrogens is 1. The van der Waals surface area contributed by atoms with E-state index in [1.165, 1.54) is 12.8 Å². The highest BCUT2D eigenvalue weighted by Crippen LogP contribution is 2.31. The maximum Gasteiger partial charge on any atom is 0.180 e. The van der Waals surface area contributed by atoms with E-state index in [2.05, 4.69) is 21.0 Å². The lowest BCUT2D eigenvalue weighted by atomic mass is 9.91. The van der Waals surface area contributed by atoms with Crippen molar-refractivity contribution in [1.82, 2.24) is 10.1 Å². The van der Waals surface area contributed by atoms with Crippen molar-refractivity contribution in [1.29, 1.82) is 0 Å². The van der Waals surface area contributed by atoms with Crippen LogP contribution in [0.15, 0.2) is 53.1 Å². The van der Waals surface area contributed by atoms with Gasteiger partial charge in [-0.15, -0.1) is 0 Å². The molecule has 0 radical (unpaired) electrons. The van der Waals surface area contributed by atoms with Crippen LogP contribution >= 0.6 is 0 Å². The smallest absolute Gasteiger partial charge is 0.180 e. The Morgan fingerprint density at radius 1 is 1.07 bits per heavy atom. The second kappa shape index (κ2) is 8.05. The third kappa shape index (κ3) is 3.82. The van der Waals surface area contributed by atoms with Gasteiger partial charge >= 0.3 is 0 Å². The molecule has 0 amide bonds. The molecule has 1 N–H and O–H groups in total. The number of anilines is 1. The van der Waals surface area contributed by atoms with Crippen LogP contribution in [0.3, 0.4) is 0 Å². The number of ether oxygens (including phenoxy) is 1. The van der Waals surface area contributed by atoms with E-state index < -0.39 is 0 Å². The summed E-state index contributed by atoms with van der Waals surface area (Å²) in [5, 5.41) is 14.7. The average Bonchev–Trinajstić information content (AvgIpc) is 3.21. The number of rotatable bonds is 5. The van der Waals surface area contributed by atoms with E-state index in [0.29, 0.717) is 12.0 Å². The number of hydrogen-bond acceptors (Lipinski definition) is 6. The number of aliphatic hydroxyl groups excluding tert-OH is 1. The molecule has 152 valence electrons. The largest absolute Gasteiger partial charge is 0.493 e. The summed E-state index contributed by atoms with van der Waals surface area (Å²) in [5.74, 6) is 2.37. The minimum atomic E-state index is 0.0490. The van der Waals surface area contributed by atoms with E-state index in [4.69, 9.17) is 9.26 Å². The molecule has 1 aromatic heterocycles. The van der Waals surface area contributed by atoms with E-state index in [1.54, 1.807) is 0 Å². The van der Waals surface area contributed by atoms with Gasteiger partial charge in [0.05, 0.1) is 18.6 Å². The van der Waals surface area contributed by atoms with Crippen LogP contribution in [0, 0.1) is 5.92 Å². The molecule has 2 aliphatic rings. The molecule has 2 aliphatic heterocycles. The van der Waals surface area contributed by atoms with Gasteiger partial charge in [-0.1, -0.05) is 29.4 Å². The number of nitrogens with zero attached hydrogens (tertiary/aromatic N) is 3. The summed E-state index contributed by atoms with van der Waals surface area (Å²) in [6.07, 6.45) is 2.35. The summed E-state index contributed by atoms with van der Waals surface area (Å²) in [5.41, 5.74) is 1.75. The first kappa shape index (κ1) is 18.5. The highest BCUT2D eigenvalue weighted by atomic mass is 16.5. The SMILES string of the molecule is OCc1cccc(OC[C@@H]2CC[C@H]3CN(c4noc5ccccc45)CCN3C2)c1. The normalized spacial score (nSPS) is 22.6. The number of para-hydroxylation sites is 1. The van der Waals surface area contributed by atoms with Crippen LogP contribution in [-0.4, -0.2) is 54.0 Å². The molecule has 2 saturated heterocycles. The molecule has 0 spiro atoms. The van der Waals surface area contributed by atoms with Gasteiger partial charge in [0.25, 0.3) is 0 Å². The maximum absolute atomic E-state index is 9.28. The molecule has 0 saturated carbocycles. The third-order valence-electron chi connectivity index (χ3n) is 6.23. The van der Waals surface area contributed by atoms with E-state index in [1.807, 2.05) is 42.5 Å². The number of aliphatic hydroxyl groups is 1. The van der Waals surface area contributed by atoms with Gasteiger partial charge in [0.15, 0.2) is 11.4 Å². The standard InChI is InChI=1S/C23H27N3O3/c27-15-17-4-3-5-20(12-17)28-16-18-8-9-19-14-26(11-10-25(19)13-18)23-21-6-1-2-7-22(21)29-24-23/h1-7,12,18-19,27H,8-11,13-16H2/t18-,19+/m1/s1. The van der Waals surface area contributed by atoms with E-state index >= 15 is 0 Å². The van der Waals surface area contributed by atoms with Crippen molar-refractivity contribution >= 4 is 16.8 Å². The monoisotopic (exact) mass is 393 g/mol. The Morgan fingerprint density at radius 3 is 2.93 bits per heavy atom. The summed E-state index contributed by atoms with van der Waals surface area (Å²) < 4.78 is 11.5. The van der Waals surface area contributed by atoms with Gasteiger partial charge in [0.1, 0.15) is 5.75 Å². The first-order valence-corrected chi connectivity index (χ1v) is 10.5. The highest BCUT2D eigenvalue weighted by Gasteiger charge is 2.34. The Morgan fingerprint density at radius 2 is 2.00 bits per heavy atom. The van der Waals surface area contributed by atoms with Crippen molar-refractivity contribution in [3.8, 4) is 5.75 Å². The maximum atomic E-state index is 9.28.